The number of halogens is 1. The standard InChI is InChI=1S/C14H12ClNO3/c1-19-11-5-6-13(16-14(17)18)12(8-11)9-3-2-4-10(15)7-9/h2-8,16H,1H3,(H,17,18). The number of anilines is 1. The van der Waals surface area contributed by atoms with Crippen molar-refractivity contribution < 1.29 is 14.6 Å². The van der Waals surface area contributed by atoms with E-state index in [0.717, 1.165) is 5.56 Å². The van der Waals surface area contributed by atoms with Crippen LogP contribution in [0.2, 0.25) is 5.02 Å². The van der Waals surface area contributed by atoms with E-state index in [1.165, 1.54) is 0 Å². The zero-order valence-corrected chi connectivity index (χ0v) is 10.9. The maximum absolute atomic E-state index is 10.8. The maximum atomic E-state index is 10.8. The Bertz CT molecular complexity index is 613. The zero-order chi connectivity index (χ0) is 13.8. The molecule has 0 aromatic heterocycles. The van der Waals surface area contributed by atoms with Crippen LogP contribution < -0.4 is 10.1 Å². The summed E-state index contributed by atoms with van der Waals surface area (Å²) < 4.78 is 5.16. The molecule has 0 bridgehead atoms. The number of hydrogen-bond donors (Lipinski definition) is 2. The van der Waals surface area contributed by atoms with Crippen LogP contribution in [0.4, 0.5) is 10.5 Å². The molecule has 0 atom stereocenters. The summed E-state index contributed by atoms with van der Waals surface area (Å²) in [6, 6.07) is 12.3. The summed E-state index contributed by atoms with van der Waals surface area (Å²) in [5.74, 6) is 0.644. The van der Waals surface area contributed by atoms with Crippen molar-refractivity contribution in [1.29, 1.82) is 0 Å². The van der Waals surface area contributed by atoms with Crippen LogP contribution in [-0.4, -0.2) is 18.3 Å². The first kappa shape index (κ1) is 13.2. The SMILES string of the molecule is COc1ccc(NC(=O)O)c(-c2cccc(Cl)c2)c1. The third kappa shape index (κ3) is 3.17. The van der Waals surface area contributed by atoms with Crippen LogP contribution in [0.3, 0.4) is 0 Å². The molecule has 0 spiro atoms. The number of rotatable bonds is 3. The number of hydrogen-bond acceptors (Lipinski definition) is 2. The minimum atomic E-state index is -1.12. The van der Waals surface area contributed by atoms with E-state index >= 15 is 0 Å². The molecule has 0 unspecified atom stereocenters. The predicted molar refractivity (Wildman–Crippen MR) is 75.1 cm³/mol. The third-order valence-corrected chi connectivity index (χ3v) is 2.84. The topological polar surface area (TPSA) is 58.6 Å². The van der Waals surface area contributed by atoms with Crippen LogP contribution in [-0.2, 0) is 0 Å². The van der Waals surface area contributed by atoms with Crippen molar-refractivity contribution in [3.63, 3.8) is 0 Å². The zero-order valence-electron chi connectivity index (χ0n) is 10.2. The molecule has 1 amide bonds. The first-order chi connectivity index (χ1) is 9.10. The highest BCUT2D eigenvalue weighted by Crippen LogP contribution is 2.33. The number of methoxy groups -OCH3 is 1. The molecule has 0 aliphatic rings. The van der Waals surface area contributed by atoms with Gasteiger partial charge in [-0.2, -0.15) is 0 Å². The summed E-state index contributed by atoms with van der Waals surface area (Å²) in [4.78, 5) is 10.8. The minimum absolute atomic E-state index is 0.482. The normalized spacial score (nSPS) is 10.0. The molecule has 2 N–H and O–H groups in total. The Labute approximate surface area is 115 Å². The van der Waals surface area contributed by atoms with Gasteiger partial charge in [0.1, 0.15) is 5.75 Å². The summed E-state index contributed by atoms with van der Waals surface area (Å²) >= 11 is 5.96. The molecular formula is C14H12ClNO3. The Hall–Kier alpha value is -2.20. The number of carbonyl (C=O) groups is 1. The molecule has 0 radical (unpaired) electrons. The number of benzene rings is 2. The van der Waals surface area contributed by atoms with Crippen LogP contribution in [0.25, 0.3) is 11.1 Å². The summed E-state index contributed by atoms with van der Waals surface area (Å²) in [5.41, 5.74) is 2.01. The van der Waals surface area contributed by atoms with Crippen molar-refractivity contribution in [3.05, 3.63) is 47.5 Å². The average molecular weight is 278 g/mol. The van der Waals surface area contributed by atoms with E-state index in [1.54, 1.807) is 37.4 Å². The van der Waals surface area contributed by atoms with E-state index in [4.69, 9.17) is 21.4 Å². The molecule has 0 heterocycles. The van der Waals surface area contributed by atoms with Gasteiger partial charge in [0.15, 0.2) is 0 Å². The Morgan fingerprint density at radius 1 is 1.26 bits per heavy atom. The van der Waals surface area contributed by atoms with Crippen LogP contribution in [0.5, 0.6) is 5.75 Å². The first-order valence-electron chi connectivity index (χ1n) is 5.54. The Morgan fingerprint density at radius 2 is 2.05 bits per heavy atom. The molecule has 0 aliphatic carbocycles. The maximum Gasteiger partial charge on any atom is 0.409 e. The molecule has 0 saturated heterocycles. The first-order valence-corrected chi connectivity index (χ1v) is 5.92. The predicted octanol–water partition coefficient (Wildman–Crippen LogP) is 4.11. The van der Waals surface area contributed by atoms with Gasteiger partial charge < -0.3 is 9.84 Å². The molecule has 0 fully saturated rings. The largest absolute Gasteiger partial charge is 0.497 e. The van der Waals surface area contributed by atoms with Gasteiger partial charge in [0, 0.05) is 10.6 Å². The summed E-state index contributed by atoms with van der Waals surface area (Å²) in [7, 11) is 1.56. The number of ether oxygens (including phenoxy) is 1. The van der Waals surface area contributed by atoms with E-state index in [-0.39, 0.29) is 0 Å². The number of amides is 1. The van der Waals surface area contributed by atoms with Gasteiger partial charge in [0.2, 0.25) is 0 Å². The van der Waals surface area contributed by atoms with E-state index in [0.29, 0.717) is 22.0 Å². The fourth-order valence-corrected chi connectivity index (χ4v) is 1.96. The van der Waals surface area contributed by atoms with Gasteiger partial charge in [-0.1, -0.05) is 23.7 Å². The Kier molecular flexibility index (Phi) is 3.92. The quantitative estimate of drug-likeness (QED) is 0.888. The van der Waals surface area contributed by atoms with Gasteiger partial charge in [-0.15, -0.1) is 0 Å². The van der Waals surface area contributed by atoms with Crippen LogP contribution in [0.1, 0.15) is 0 Å². The lowest BCUT2D eigenvalue weighted by Crippen LogP contribution is -2.08. The van der Waals surface area contributed by atoms with E-state index in [2.05, 4.69) is 5.32 Å². The molecule has 2 aromatic carbocycles. The highest BCUT2D eigenvalue weighted by molar-refractivity contribution is 6.30. The molecule has 98 valence electrons. The van der Waals surface area contributed by atoms with Gasteiger partial charge in [0.05, 0.1) is 12.8 Å². The van der Waals surface area contributed by atoms with Gasteiger partial charge in [-0.05, 0) is 35.9 Å². The van der Waals surface area contributed by atoms with Crippen molar-refractivity contribution >= 4 is 23.4 Å². The molecule has 0 aliphatic heterocycles. The van der Waals surface area contributed by atoms with Crippen LogP contribution >= 0.6 is 11.6 Å². The number of carboxylic acid groups (broad SMARTS) is 1. The molecular weight excluding hydrogens is 266 g/mol. The lowest BCUT2D eigenvalue weighted by Gasteiger charge is -2.11. The van der Waals surface area contributed by atoms with Crippen LogP contribution in [0, 0.1) is 0 Å². The second-order valence-corrected chi connectivity index (χ2v) is 4.29. The van der Waals surface area contributed by atoms with Gasteiger partial charge in [-0.3, -0.25) is 5.32 Å². The highest BCUT2D eigenvalue weighted by Gasteiger charge is 2.09. The van der Waals surface area contributed by atoms with E-state index in [1.807, 2.05) is 12.1 Å². The van der Waals surface area contributed by atoms with Gasteiger partial charge in [0.25, 0.3) is 0 Å². The van der Waals surface area contributed by atoms with E-state index < -0.39 is 6.09 Å². The summed E-state index contributed by atoms with van der Waals surface area (Å²) in [5, 5.41) is 11.8. The van der Waals surface area contributed by atoms with E-state index in [9.17, 15) is 4.79 Å². The minimum Gasteiger partial charge on any atom is -0.497 e. The van der Waals surface area contributed by atoms with Gasteiger partial charge >= 0.3 is 6.09 Å². The monoisotopic (exact) mass is 277 g/mol. The second-order valence-electron chi connectivity index (χ2n) is 3.85. The molecule has 2 rings (SSSR count). The Balaban J connectivity index is 2.54. The second kappa shape index (κ2) is 5.63. The summed E-state index contributed by atoms with van der Waals surface area (Å²) in [6.07, 6.45) is -1.12. The van der Waals surface area contributed by atoms with Gasteiger partial charge in [-0.25, -0.2) is 4.79 Å². The number of nitrogens with one attached hydrogen (secondary N) is 1. The average Bonchev–Trinajstić information content (AvgIpc) is 2.38. The molecule has 2 aromatic rings. The smallest absolute Gasteiger partial charge is 0.409 e. The fraction of sp³-hybridized carbons (Fsp3) is 0.0714. The molecule has 0 saturated carbocycles. The molecule has 19 heavy (non-hydrogen) atoms. The highest BCUT2D eigenvalue weighted by atomic mass is 35.5. The van der Waals surface area contributed by atoms with Crippen molar-refractivity contribution in [3.8, 4) is 16.9 Å². The lowest BCUT2D eigenvalue weighted by atomic mass is 10.0. The van der Waals surface area contributed by atoms with Crippen molar-refractivity contribution in [2.24, 2.45) is 0 Å². The Morgan fingerprint density at radius 3 is 2.68 bits per heavy atom. The van der Waals surface area contributed by atoms with Crippen molar-refractivity contribution in [2.45, 2.75) is 0 Å². The lowest BCUT2D eigenvalue weighted by molar-refractivity contribution is 0.210. The molecule has 5 heteroatoms. The van der Waals surface area contributed by atoms with Crippen molar-refractivity contribution in [2.75, 3.05) is 12.4 Å². The summed E-state index contributed by atoms with van der Waals surface area (Å²) in [6.45, 7) is 0. The molecule has 4 nitrogen and oxygen atoms in total. The van der Waals surface area contributed by atoms with Crippen LogP contribution in [0.15, 0.2) is 42.5 Å². The van der Waals surface area contributed by atoms with Crippen molar-refractivity contribution in [1.82, 2.24) is 0 Å². The third-order valence-electron chi connectivity index (χ3n) is 2.60. The fourth-order valence-electron chi connectivity index (χ4n) is 1.77.